The maximum Gasteiger partial charge on any atom is 0.120 e. The maximum absolute atomic E-state index is 5.55. The lowest BCUT2D eigenvalue weighted by Crippen LogP contribution is -2.46. The molecular weight excluding hydrogens is 332 g/mol. The molecule has 1 fully saturated rings. The normalized spacial score (nSPS) is 20.4. The van der Waals surface area contributed by atoms with Crippen molar-refractivity contribution in [3.8, 4) is 5.75 Å². The Morgan fingerprint density at radius 3 is 2.48 bits per heavy atom. The zero-order chi connectivity index (χ0) is 19.3. The number of hydrogen-bond acceptors (Lipinski definition) is 3. The van der Waals surface area contributed by atoms with Crippen molar-refractivity contribution in [1.82, 2.24) is 4.90 Å². The van der Waals surface area contributed by atoms with Crippen LogP contribution in [-0.4, -0.2) is 44.7 Å². The minimum absolute atomic E-state index is 0.445. The van der Waals surface area contributed by atoms with Gasteiger partial charge in [0.1, 0.15) is 5.75 Å². The SMILES string of the molecule is CCCCCN1CCN(c2cc(OC)ccc2C2=CCC(C)(C)CC2)CC1. The molecule has 0 aromatic heterocycles. The molecule has 0 radical (unpaired) electrons. The highest BCUT2D eigenvalue weighted by molar-refractivity contribution is 5.78. The van der Waals surface area contributed by atoms with Crippen LogP contribution in [0.5, 0.6) is 5.75 Å². The molecule has 1 saturated heterocycles. The summed E-state index contributed by atoms with van der Waals surface area (Å²) in [6, 6.07) is 6.66. The maximum atomic E-state index is 5.55. The molecule has 1 aliphatic carbocycles. The fourth-order valence-electron chi connectivity index (χ4n) is 4.29. The molecule has 0 bridgehead atoms. The fraction of sp³-hybridized carbons (Fsp3) is 0.667. The Bertz CT molecular complexity index is 642. The van der Waals surface area contributed by atoms with Crippen LogP contribution in [0, 0.1) is 5.41 Å². The first kappa shape index (κ1) is 20.3. The van der Waals surface area contributed by atoms with Crippen LogP contribution in [0.4, 0.5) is 5.69 Å². The van der Waals surface area contributed by atoms with E-state index in [1.54, 1.807) is 7.11 Å². The van der Waals surface area contributed by atoms with Gasteiger partial charge in [-0.25, -0.2) is 0 Å². The van der Waals surface area contributed by atoms with Crippen molar-refractivity contribution < 1.29 is 4.74 Å². The molecule has 1 heterocycles. The van der Waals surface area contributed by atoms with Gasteiger partial charge in [0.15, 0.2) is 0 Å². The molecule has 0 atom stereocenters. The number of benzene rings is 1. The summed E-state index contributed by atoms with van der Waals surface area (Å²) in [5.74, 6) is 0.968. The second-order valence-corrected chi connectivity index (χ2v) is 9.02. The van der Waals surface area contributed by atoms with E-state index in [0.29, 0.717) is 5.41 Å². The van der Waals surface area contributed by atoms with Crippen LogP contribution in [-0.2, 0) is 0 Å². The number of methoxy groups -OCH3 is 1. The summed E-state index contributed by atoms with van der Waals surface area (Å²) in [7, 11) is 1.77. The lowest BCUT2D eigenvalue weighted by molar-refractivity contribution is 0.252. The summed E-state index contributed by atoms with van der Waals surface area (Å²) in [5, 5.41) is 0. The summed E-state index contributed by atoms with van der Waals surface area (Å²) in [6.07, 6.45) is 10.1. The van der Waals surface area contributed by atoms with Crippen LogP contribution in [0.2, 0.25) is 0 Å². The zero-order valence-electron chi connectivity index (χ0n) is 17.9. The molecule has 2 aliphatic rings. The van der Waals surface area contributed by atoms with Crippen molar-refractivity contribution in [1.29, 1.82) is 0 Å². The first-order chi connectivity index (χ1) is 13.0. The summed E-state index contributed by atoms with van der Waals surface area (Å²) < 4.78 is 5.55. The van der Waals surface area contributed by atoms with Gasteiger partial charge < -0.3 is 9.64 Å². The van der Waals surface area contributed by atoms with E-state index in [2.05, 4.69) is 54.8 Å². The van der Waals surface area contributed by atoms with Crippen molar-refractivity contribution in [2.24, 2.45) is 5.41 Å². The standard InChI is InChI=1S/C24H38N2O/c1-5-6-7-14-25-15-17-26(18-16-25)23-19-21(27-4)8-9-22(23)20-10-12-24(2,3)13-11-20/h8-10,19H,5-7,11-18H2,1-4H3. The number of rotatable bonds is 7. The van der Waals surface area contributed by atoms with Gasteiger partial charge in [0.05, 0.1) is 7.11 Å². The van der Waals surface area contributed by atoms with Crippen LogP contribution in [0.1, 0.15) is 64.9 Å². The number of anilines is 1. The molecule has 3 rings (SSSR count). The number of hydrogen-bond donors (Lipinski definition) is 0. The van der Waals surface area contributed by atoms with Gasteiger partial charge in [-0.3, -0.25) is 4.90 Å². The summed E-state index contributed by atoms with van der Waals surface area (Å²) >= 11 is 0. The Kier molecular flexibility index (Phi) is 6.86. The summed E-state index contributed by atoms with van der Waals surface area (Å²) in [6.45, 7) is 12.9. The molecule has 3 heteroatoms. The predicted molar refractivity (Wildman–Crippen MR) is 117 cm³/mol. The monoisotopic (exact) mass is 370 g/mol. The molecule has 3 nitrogen and oxygen atoms in total. The molecule has 0 unspecified atom stereocenters. The first-order valence-corrected chi connectivity index (χ1v) is 10.9. The third-order valence-electron chi connectivity index (χ3n) is 6.31. The van der Waals surface area contributed by atoms with Gasteiger partial charge in [0, 0.05) is 43.5 Å². The Balaban J connectivity index is 1.74. The van der Waals surface area contributed by atoms with Crippen molar-refractivity contribution in [3.05, 3.63) is 29.8 Å². The average molecular weight is 371 g/mol. The van der Waals surface area contributed by atoms with Crippen molar-refractivity contribution in [2.75, 3.05) is 44.7 Å². The molecule has 0 spiro atoms. The van der Waals surface area contributed by atoms with Crippen LogP contribution in [0.3, 0.4) is 0 Å². The van der Waals surface area contributed by atoms with Crippen LogP contribution >= 0.6 is 0 Å². The van der Waals surface area contributed by atoms with Crippen LogP contribution in [0.15, 0.2) is 24.3 Å². The molecule has 1 aromatic carbocycles. The van der Waals surface area contributed by atoms with E-state index >= 15 is 0 Å². The first-order valence-electron chi connectivity index (χ1n) is 10.9. The van der Waals surface area contributed by atoms with E-state index in [9.17, 15) is 0 Å². The number of ether oxygens (including phenoxy) is 1. The molecule has 0 amide bonds. The molecule has 0 N–H and O–H groups in total. The quantitative estimate of drug-likeness (QED) is 0.581. The summed E-state index contributed by atoms with van der Waals surface area (Å²) in [5.41, 5.74) is 4.76. The van der Waals surface area contributed by atoms with Crippen LogP contribution in [0.25, 0.3) is 5.57 Å². The minimum Gasteiger partial charge on any atom is -0.497 e. The molecule has 150 valence electrons. The third-order valence-corrected chi connectivity index (χ3v) is 6.31. The highest BCUT2D eigenvalue weighted by atomic mass is 16.5. The van der Waals surface area contributed by atoms with Gasteiger partial charge in [-0.2, -0.15) is 0 Å². The Labute approximate surface area is 166 Å². The highest BCUT2D eigenvalue weighted by Gasteiger charge is 2.25. The number of piperazine rings is 1. The Morgan fingerprint density at radius 2 is 1.85 bits per heavy atom. The van der Waals surface area contributed by atoms with Gasteiger partial charge in [0.25, 0.3) is 0 Å². The average Bonchev–Trinajstić information content (AvgIpc) is 2.68. The number of nitrogens with zero attached hydrogens (tertiary/aromatic N) is 2. The third kappa shape index (κ3) is 5.28. The summed E-state index contributed by atoms with van der Waals surface area (Å²) in [4.78, 5) is 5.21. The molecule has 27 heavy (non-hydrogen) atoms. The van der Waals surface area contributed by atoms with Gasteiger partial charge in [-0.1, -0.05) is 39.7 Å². The number of unbranched alkanes of at least 4 members (excludes halogenated alkanes) is 2. The van der Waals surface area contributed by atoms with Gasteiger partial charge in [-0.05, 0) is 55.3 Å². The Morgan fingerprint density at radius 1 is 1.07 bits per heavy atom. The number of allylic oxidation sites excluding steroid dienone is 2. The van der Waals surface area contributed by atoms with Crippen molar-refractivity contribution >= 4 is 11.3 Å². The van der Waals surface area contributed by atoms with Crippen molar-refractivity contribution in [2.45, 2.75) is 59.3 Å². The van der Waals surface area contributed by atoms with Crippen LogP contribution < -0.4 is 9.64 Å². The molecule has 0 saturated carbocycles. The molecular formula is C24H38N2O. The van der Waals surface area contributed by atoms with Gasteiger partial charge >= 0.3 is 0 Å². The van der Waals surface area contributed by atoms with E-state index in [0.717, 1.165) is 18.8 Å². The lowest BCUT2D eigenvalue weighted by atomic mass is 9.77. The second-order valence-electron chi connectivity index (χ2n) is 9.02. The van der Waals surface area contributed by atoms with Gasteiger partial charge in [-0.15, -0.1) is 0 Å². The molecule has 1 aromatic rings. The second kappa shape index (κ2) is 9.14. The zero-order valence-corrected chi connectivity index (χ0v) is 17.9. The fourth-order valence-corrected chi connectivity index (χ4v) is 4.29. The molecule has 1 aliphatic heterocycles. The lowest BCUT2D eigenvalue weighted by Gasteiger charge is -2.38. The smallest absolute Gasteiger partial charge is 0.120 e. The predicted octanol–water partition coefficient (Wildman–Crippen LogP) is 5.60. The van der Waals surface area contributed by atoms with E-state index in [4.69, 9.17) is 4.74 Å². The van der Waals surface area contributed by atoms with Crippen molar-refractivity contribution in [3.63, 3.8) is 0 Å². The van der Waals surface area contributed by atoms with E-state index in [1.165, 1.54) is 75.0 Å². The Hall–Kier alpha value is -1.48. The largest absolute Gasteiger partial charge is 0.497 e. The van der Waals surface area contributed by atoms with E-state index in [1.807, 2.05) is 0 Å². The van der Waals surface area contributed by atoms with Gasteiger partial charge in [0.2, 0.25) is 0 Å². The highest BCUT2D eigenvalue weighted by Crippen LogP contribution is 2.41. The minimum atomic E-state index is 0.445. The van der Waals surface area contributed by atoms with E-state index in [-0.39, 0.29) is 0 Å². The topological polar surface area (TPSA) is 15.7 Å². The van der Waals surface area contributed by atoms with E-state index < -0.39 is 0 Å².